The normalized spacial score (nSPS) is 18.4. The van der Waals surface area contributed by atoms with E-state index in [-0.39, 0.29) is 6.03 Å². The fraction of sp³-hybridized carbons (Fsp3) is 0.900. The van der Waals surface area contributed by atoms with Crippen LogP contribution in [-0.4, -0.2) is 43.0 Å². The summed E-state index contributed by atoms with van der Waals surface area (Å²) in [5, 5.41) is 0. The third-order valence-electron chi connectivity index (χ3n) is 2.76. The molecule has 0 unspecified atom stereocenters. The topological polar surface area (TPSA) is 23.6 Å². The summed E-state index contributed by atoms with van der Waals surface area (Å²) in [6.45, 7) is 8.53. The molecular weight excluding hydrogens is 164 g/mol. The Labute approximate surface area is 80.7 Å². The molecule has 1 fully saturated rings. The van der Waals surface area contributed by atoms with Gasteiger partial charge in [-0.2, -0.15) is 0 Å². The summed E-state index contributed by atoms with van der Waals surface area (Å²) in [5.74, 6) is 0.663. The number of carbonyl (C=O) groups is 1. The van der Waals surface area contributed by atoms with Gasteiger partial charge in [0.2, 0.25) is 0 Å². The van der Waals surface area contributed by atoms with Gasteiger partial charge in [-0.25, -0.2) is 4.79 Å². The Morgan fingerprint density at radius 1 is 1.31 bits per heavy atom. The van der Waals surface area contributed by atoms with Crippen LogP contribution in [0.3, 0.4) is 0 Å². The Morgan fingerprint density at radius 3 is 2.08 bits per heavy atom. The summed E-state index contributed by atoms with van der Waals surface area (Å²) < 4.78 is 0. The van der Waals surface area contributed by atoms with Crippen molar-refractivity contribution in [2.75, 3.05) is 27.2 Å². The van der Waals surface area contributed by atoms with Gasteiger partial charge < -0.3 is 9.80 Å². The van der Waals surface area contributed by atoms with Gasteiger partial charge in [0.15, 0.2) is 0 Å². The molecule has 1 rings (SSSR count). The van der Waals surface area contributed by atoms with E-state index in [9.17, 15) is 4.79 Å². The monoisotopic (exact) mass is 184 g/mol. The summed E-state index contributed by atoms with van der Waals surface area (Å²) in [6, 6.07) is 0.139. The van der Waals surface area contributed by atoms with Crippen LogP contribution >= 0.6 is 0 Å². The first kappa shape index (κ1) is 10.4. The molecule has 0 saturated carbocycles. The maximum Gasteiger partial charge on any atom is 0.319 e. The fourth-order valence-corrected chi connectivity index (χ4v) is 1.47. The average molecular weight is 184 g/mol. The zero-order valence-electron chi connectivity index (χ0n) is 9.29. The van der Waals surface area contributed by atoms with Gasteiger partial charge in [-0.15, -0.1) is 0 Å². The second-order valence-electron chi connectivity index (χ2n) is 5.14. The van der Waals surface area contributed by atoms with Gasteiger partial charge in [0.05, 0.1) is 0 Å². The molecule has 0 aliphatic carbocycles. The van der Waals surface area contributed by atoms with E-state index in [0.717, 1.165) is 13.1 Å². The van der Waals surface area contributed by atoms with Crippen LogP contribution < -0.4 is 0 Å². The van der Waals surface area contributed by atoms with E-state index in [1.54, 1.807) is 19.0 Å². The first-order valence-electron chi connectivity index (χ1n) is 4.78. The second-order valence-corrected chi connectivity index (χ2v) is 5.14. The highest BCUT2D eigenvalue weighted by molar-refractivity contribution is 5.74. The molecule has 0 aromatic rings. The smallest absolute Gasteiger partial charge is 0.319 e. The Hall–Kier alpha value is -0.730. The quantitative estimate of drug-likeness (QED) is 0.561. The first-order chi connectivity index (χ1) is 5.82. The molecule has 1 saturated heterocycles. The Bertz CT molecular complexity index is 199. The highest BCUT2D eigenvalue weighted by atomic mass is 16.2. The molecule has 0 aromatic carbocycles. The SMILES string of the molecule is CN(C)C(=O)N1CC(C(C)(C)C)C1. The summed E-state index contributed by atoms with van der Waals surface area (Å²) in [5.41, 5.74) is 0.336. The number of carbonyl (C=O) groups excluding carboxylic acids is 1. The predicted octanol–water partition coefficient (Wildman–Crippen LogP) is 1.65. The molecule has 0 aromatic heterocycles. The van der Waals surface area contributed by atoms with Crippen LogP contribution in [0.2, 0.25) is 0 Å². The number of urea groups is 1. The maximum atomic E-state index is 11.4. The van der Waals surface area contributed by atoms with Crippen LogP contribution in [-0.2, 0) is 0 Å². The van der Waals surface area contributed by atoms with Gasteiger partial charge >= 0.3 is 6.03 Å². The standard InChI is InChI=1S/C10H20N2O/c1-10(2,3)8-6-12(7-8)9(13)11(4)5/h8H,6-7H2,1-5H3. The lowest BCUT2D eigenvalue weighted by Crippen LogP contribution is -2.56. The van der Waals surface area contributed by atoms with Crippen molar-refractivity contribution in [3.05, 3.63) is 0 Å². The van der Waals surface area contributed by atoms with Crippen molar-refractivity contribution in [3.8, 4) is 0 Å². The lowest BCUT2D eigenvalue weighted by molar-refractivity contribution is 0.0416. The zero-order valence-corrected chi connectivity index (χ0v) is 9.29. The van der Waals surface area contributed by atoms with E-state index in [1.807, 2.05) is 4.90 Å². The van der Waals surface area contributed by atoms with Gasteiger partial charge in [0, 0.05) is 27.2 Å². The molecule has 0 atom stereocenters. The maximum absolute atomic E-state index is 11.4. The molecular formula is C10H20N2O. The van der Waals surface area contributed by atoms with Gasteiger partial charge in [0.25, 0.3) is 0 Å². The highest BCUT2D eigenvalue weighted by Gasteiger charge is 2.38. The molecule has 1 aliphatic rings. The Morgan fingerprint density at radius 2 is 1.77 bits per heavy atom. The third-order valence-corrected chi connectivity index (χ3v) is 2.76. The summed E-state index contributed by atoms with van der Waals surface area (Å²) in [4.78, 5) is 15.0. The second kappa shape index (κ2) is 3.20. The minimum atomic E-state index is 0.139. The minimum absolute atomic E-state index is 0.139. The average Bonchev–Trinajstić information content (AvgIpc) is 1.79. The highest BCUT2D eigenvalue weighted by Crippen LogP contribution is 2.33. The lowest BCUT2D eigenvalue weighted by Gasteiger charge is -2.46. The van der Waals surface area contributed by atoms with Crippen LogP contribution in [0.25, 0.3) is 0 Å². The number of hydrogen-bond donors (Lipinski definition) is 0. The van der Waals surface area contributed by atoms with Crippen LogP contribution in [0.15, 0.2) is 0 Å². The zero-order chi connectivity index (χ0) is 10.2. The summed E-state index contributed by atoms with van der Waals surface area (Å²) in [6.07, 6.45) is 0. The molecule has 76 valence electrons. The van der Waals surface area contributed by atoms with Crippen molar-refractivity contribution >= 4 is 6.03 Å². The molecule has 13 heavy (non-hydrogen) atoms. The van der Waals surface area contributed by atoms with E-state index in [4.69, 9.17) is 0 Å². The van der Waals surface area contributed by atoms with Gasteiger partial charge in [-0.05, 0) is 11.3 Å². The van der Waals surface area contributed by atoms with Crippen molar-refractivity contribution in [2.24, 2.45) is 11.3 Å². The molecule has 0 radical (unpaired) electrons. The number of hydrogen-bond acceptors (Lipinski definition) is 1. The van der Waals surface area contributed by atoms with Crippen LogP contribution in [0, 0.1) is 11.3 Å². The molecule has 1 aliphatic heterocycles. The Kier molecular flexibility index (Phi) is 2.55. The number of likely N-dealkylation sites (tertiary alicyclic amines) is 1. The van der Waals surface area contributed by atoms with E-state index in [1.165, 1.54) is 0 Å². The predicted molar refractivity (Wildman–Crippen MR) is 53.6 cm³/mol. The van der Waals surface area contributed by atoms with Crippen LogP contribution in [0.5, 0.6) is 0 Å². The first-order valence-corrected chi connectivity index (χ1v) is 4.78. The molecule has 3 heteroatoms. The van der Waals surface area contributed by atoms with Crippen molar-refractivity contribution in [2.45, 2.75) is 20.8 Å². The summed E-state index contributed by atoms with van der Waals surface area (Å²) >= 11 is 0. The largest absolute Gasteiger partial charge is 0.331 e. The third kappa shape index (κ3) is 2.14. The number of nitrogens with zero attached hydrogens (tertiary/aromatic N) is 2. The molecule has 0 spiro atoms. The van der Waals surface area contributed by atoms with Gasteiger partial charge in [-0.1, -0.05) is 20.8 Å². The van der Waals surface area contributed by atoms with E-state index >= 15 is 0 Å². The number of amides is 2. The van der Waals surface area contributed by atoms with Gasteiger partial charge in [0.1, 0.15) is 0 Å². The number of rotatable bonds is 0. The van der Waals surface area contributed by atoms with E-state index < -0.39 is 0 Å². The molecule has 3 nitrogen and oxygen atoms in total. The van der Waals surface area contributed by atoms with Crippen molar-refractivity contribution in [3.63, 3.8) is 0 Å². The molecule has 1 heterocycles. The van der Waals surface area contributed by atoms with Crippen molar-refractivity contribution in [1.29, 1.82) is 0 Å². The van der Waals surface area contributed by atoms with Gasteiger partial charge in [-0.3, -0.25) is 0 Å². The van der Waals surface area contributed by atoms with Crippen molar-refractivity contribution in [1.82, 2.24) is 9.80 Å². The summed E-state index contributed by atoms with van der Waals surface area (Å²) in [7, 11) is 3.60. The van der Waals surface area contributed by atoms with E-state index in [2.05, 4.69) is 20.8 Å². The van der Waals surface area contributed by atoms with Crippen LogP contribution in [0.1, 0.15) is 20.8 Å². The van der Waals surface area contributed by atoms with E-state index in [0.29, 0.717) is 11.3 Å². The Balaban J connectivity index is 2.38. The molecule has 0 bridgehead atoms. The minimum Gasteiger partial charge on any atom is -0.331 e. The lowest BCUT2D eigenvalue weighted by atomic mass is 9.76. The fourth-order valence-electron chi connectivity index (χ4n) is 1.47. The van der Waals surface area contributed by atoms with Crippen molar-refractivity contribution < 1.29 is 4.79 Å². The molecule has 0 N–H and O–H groups in total. The van der Waals surface area contributed by atoms with Crippen LogP contribution in [0.4, 0.5) is 4.79 Å². The molecule has 2 amide bonds.